The summed E-state index contributed by atoms with van der Waals surface area (Å²) in [6.07, 6.45) is 5.27. The van der Waals surface area contributed by atoms with Crippen molar-refractivity contribution in [3.63, 3.8) is 0 Å². The van der Waals surface area contributed by atoms with Gasteiger partial charge in [0.15, 0.2) is 0 Å². The van der Waals surface area contributed by atoms with E-state index >= 15 is 0 Å². The van der Waals surface area contributed by atoms with E-state index in [9.17, 15) is 9.59 Å². The molecule has 2 fully saturated rings. The topological polar surface area (TPSA) is 115 Å². The summed E-state index contributed by atoms with van der Waals surface area (Å²) < 4.78 is 0. The molecular weight excluding hydrogens is 466 g/mol. The van der Waals surface area contributed by atoms with Crippen molar-refractivity contribution in [2.24, 2.45) is 16.6 Å². The van der Waals surface area contributed by atoms with Gasteiger partial charge in [-0.1, -0.05) is 18.7 Å². The Bertz CT molecular complexity index is 1160. The van der Waals surface area contributed by atoms with Gasteiger partial charge < -0.3 is 31.5 Å². The summed E-state index contributed by atoms with van der Waals surface area (Å²) in [5.74, 6) is 0.744. The fourth-order valence-electron chi connectivity index (χ4n) is 4.02. The lowest BCUT2D eigenvalue weighted by atomic mass is 10.1. The molecule has 0 atom stereocenters. The largest absolute Gasteiger partial charge is 0.398 e. The number of benzene rings is 2. The van der Waals surface area contributed by atoms with E-state index in [0.717, 1.165) is 48.6 Å². The number of hydrogen-bond donors (Lipinski definition) is 4. The molecule has 0 spiro atoms. The number of aliphatic imine (C=N–C) groups is 1. The molecule has 9 nitrogen and oxygen atoms in total. The van der Waals surface area contributed by atoms with Crippen LogP contribution in [0.1, 0.15) is 25.3 Å². The van der Waals surface area contributed by atoms with Crippen molar-refractivity contribution >= 4 is 40.9 Å². The van der Waals surface area contributed by atoms with Crippen LogP contribution in [-0.4, -0.2) is 55.8 Å². The zero-order chi connectivity index (χ0) is 26.2. The van der Waals surface area contributed by atoms with E-state index in [4.69, 9.17) is 5.73 Å². The second kappa shape index (κ2) is 12.1. The number of nitrogens with two attached hydrogens (primary N) is 1. The molecule has 4 rings (SSSR count). The Morgan fingerprint density at radius 3 is 2.24 bits per heavy atom. The van der Waals surface area contributed by atoms with Crippen LogP contribution < -0.4 is 26.6 Å². The maximum atomic E-state index is 12.0. The number of piperazine rings is 1. The van der Waals surface area contributed by atoms with Gasteiger partial charge in [-0.25, -0.2) is 9.79 Å². The van der Waals surface area contributed by atoms with E-state index in [1.54, 1.807) is 12.3 Å². The van der Waals surface area contributed by atoms with Crippen molar-refractivity contribution in [1.29, 1.82) is 0 Å². The van der Waals surface area contributed by atoms with Gasteiger partial charge in [0, 0.05) is 67.6 Å². The number of carbonyl (C=O) groups is 2. The molecule has 1 saturated heterocycles. The van der Waals surface area contributed by atoms with Crippen LogP contribution in [0.15, 0.2) is 72.0 Å². The summed E-state index contributed by atoms with van der Waals surface area (Å²) >= 11 is 0. The molecule has 1 saturated carbocycles. The molecule has 0 bridgehead atoms. The highest BCUT2D eigenvalue weighted by atomic mass is 16.2. The van der Waals surface area contributed by atoms with Gasteiger partial charge in [0.05, 0.1) is 0 Å². The second-order valence-corrected chi connectivity index (χ2v) is 9.17. The van der Waals surface area contributed by atoms with Crippen molar-refractivity contribution in [2.75, 3.05) is 48.3 Å². The van der Waals surface area contributed by atoms with E-state index < -0.39 is 0 Å². The van der Waals surface area contributed by atoms with Gasteiger partial charge in [0.25, 0.3) is 0 Å². The zero-order valence-electron chi connectivity index (χ0n) is 21.2. The fraction of sp³-hybridized carbons (Fsp3) is 0.321. The van der Waals surface area contributed by atoms with Crippen molar-refractivity contribution in [2.45, 2.75) is 19.8 Å². The minimum atomic E-state index is 0.00408. The molecule has 1 aliphatic carbocycles. The number of carbonyl (C=O) groups excluding carboxylic acids is 2. The third kappa shape index (κ3) is 7.36. The predicted octanol–water partition coefficient (Wildman–Crippen LogP) is 3.84. The number of amides is 3. The highest BCUT2D eigenvalue weighted by Crippen LogP contribution is 2.30. The number of anilines is 3. The van der Waals surface area contributed by atoms with Gasteiger partial charge in [-0.3, -0.25) is 4.79 Å². The van der Waals surface area contributed by atoms with Crippen LogP contribution in [0.4, 0.5) is 21.9 Å². The van der Waals surface area contributed by atoms with Crippen LogP contribution in [0, 0.1) is 5.92 Å². The molecule has 1 aliphatic heterocycles. The number of urea groups is 1. The number of rotatable bonds is 9. The lowest BCUT2D eigenvalue weighted by Gasteiger charge is -2.36. The summed E-state index contributed by atoms with van der Waals surface area (Å²) in [7, 11) is 0. The molecule has 3 amide bonds. The lowest BCUT2D eigenvalue weighted by Crippen LogP contribution is -2.51. The van der Waals surface area contributed by atoms with Gasteiger partial charge >= 0.3 is 6.03 Å². The number of hydrogen-bond acceptors (Lipinski definition) is 6. The fourth-order valence-corrected chi connectivity index (χ4v) is 4.02. The second-order valence-electron chi connectivity index (χ2n) is 9.17. The Hall–Kier alpha value is -4.27. The van der Waals surface area contributed by atoms with Gasteiger partial charge in [-0.05, 0) is 67.8 Å². The maximum absolute atomic E-state index is 12.0. The van der Waals surface area contributed by atoms with Gasteiger partial charge in [-0.2, -0.15) is 0 Å². The first-order chi connectivity index (χ1) is 17.9. The quantitative estimate of drug-likeness (QED) is 0.390. The Morgan fingerprint density at radius 1 is 1.00 bits per heavy atom. The van der Waals surface area contributed by atoms with E-state index in [0.29, 0.717) is 31.2 Å². The van der Waals surface area contributed by atoms with Crippen LogP contribution in [0.5, 0.6) is 0 Å². The molecule has 0 aromatic heterocycles. The molecule has 37 heavy (non-hydrogen) atoms. The molecular formula is C28H35N7O2. The third-order valence-electron chi connectivity index (χ3n) is 6.33. The maximum Gasteiger partial charge on any atom is 0.317 e. The molecule has 2 aromatic carbocycles. The van der Waals surface area contributed by atoms with Crippen LogP contribution in [0.25, 0.3) is 5.70 Å². The minimum Gasteiger partial charge on any atom is -0.398 e. The van der Waals surface area contributed by atoms with Crippen LogP contribution in [0.2, 0.25) is 0 Å². The van der Waals surface area contributed by atoms with E-state index in [1.165, 1.54) is 0 Å². The summed E-state index contributed by atoms with van der Waals surface area (Å²) in [4.78, 5) is 32.3. The van der Waals surface area contributed by atoms with E-state index in [2.05, 4.69) is 44.6 Å². The first-order valence-corrected chi connectivity index (χ1v) is 12.7. The molecule has 2 aromatic rings. The minimum absolute atomic E-state index is 0.00408. The highest BCUT2D eigenvalue weighted by molar-refractivity contribution is 5.94. The SMILES string of the molecule is C=C(/N=C\C=C(/N)c1ccc(NC(=O)C2CC2)cc1)Nc1ccc(N2CCN(C(=O)NCC)CC2)cc1. The van der Waals surface area contributed by atoms with E-state index in [1.807, 2.05) is 48.2 Å². The molecule has 9 heteroatoms. The summed E-state index contributed by atoms with van der Waals surface area (Å²) in [5.41, 5.74) is 10.3. The van der Waals surface area contributed by atoms with Gasteiger partial charge in [0.2, 0.25) is 5.91 Å². The van der Waals surface area contributed by atoms with Crippen LogP contribution >= 0.6 is 0 Å². The first-order valence-electron chi connectivity index (χ1n) is 12.7. The standard InChI is InChI=1S/C28H35N7O2/c1-3-30-28(37)35-18-16-34(17-19-35)25-12-10-23(11-13-25)32-20(2)31-15-14-26(29)21-6-8-24(9-7-21)33-27(36)22-4-5-22/h6-15,22,32H,2-5,16-19,29H2,1H3,(H,30,37)(H,33,36)/b26-14-,31-15-. The van der Waals surface area contributed by atoms with Crippen molar-refractivity contribution < 1.29 is 9.59 Å². The molecule has 2 aliphatic rings. The summed E-state index contributed by atoms with van der Waals surface area (Å²) in [6.45, 7) is 9.53. The summed E-state index contributed by atoms with van der Waals surface area (Å²) in [6, 6.07) is 15.5. The Morgan fingerprint density at radius 2 is 1.62 bits per heavy atom. The molecule has 5 N–H and O–H groups in total. The van der Waals surface area contributed by atoms with Crippen LogP contribution in [-0.2, 0) is 4.79 Å². The number of allylic oxidation sites excluding steroid dienone is 1. The molecule has 194 valence electrons. The van der Waals surface area contributed by atoms with E-state index in [-0.39, 0.29) is 17.9 Å². The zero-order valence-corrected chi connectivity index (χ0v) is 21.2. The Kier molecular flexibility index (Phi) is 8.45. The normalized spacial score (nSPS) is 16.0. The first kappa shape index (κ1) is 25.8. The third-order valence-corrected chi connectivity index (χ3v) is 6.33. The molecule has 0 unspecified atom stereocenters. The van der Waals surface area contributed by atoms with Crippen molar-refractivity contribution in [3.8, 4) is 0 Å². The highest BCUT2D eigenvalue weighted by Gasteiger charge is 2.29. The lowest BCUT2D eigenvalue weighted by molar-refractivity contribution is -0.117. The predicted molar refractivity (Wildman–Crippen MR) is 151 cm³/mol. The monoisotopic (exact) mass is 501 g/mol. The molecule has 0 radical (unpaired) electrons. The average Bonchev–Trinajstić information content (AvgIpc) is 3.76. The summed E-state index contributed by atoms with van der Waals surface area (Å²) in [5, 5.41) is 8.95. The van der Waals surface area contributed by atoms with Crippen LogP contribution in [0.3, 0.4) is 0 Å². The Balaban J connectivity index is 1.23. The van der Waals surface area contributed by atoms with Gasteiger partial charge in [-0.15, -0.1) is 0 Å². The van der Waals surface area contributed by atoms with Gasteiger partial charge in [0.1, 0.15) is 5.82 Å². The number of nitrogens with one attached hydrogen (secondary N) is 3. The molecule has 1 heterocycles. The van der Waals surface area contributed by atoms with Crippen molar-refractivity contribution in [3.05, 3.63) is 72.6 Å². The number of nitrogens with zero attached hydrogens (tertiary/aromatic N) is 3. The average molecular weight is 502 g/mol. The Labute approximate surface area is 218 Å². The van der Waals surface area contributed by atoms with Crippen molar-refractivity contribution in [1.82, 2.24) is 10.2 Å². The smallest absolute Gasteiger partial charge is 0.317 e.